The van der Waals surface area contributed by atoms with Crippen molar-refractivity contribution in [1.82, 2.24) is 5.32 Å². The van der Waals surface area contributed by atoms with Crippen LogP contribution in [0.2, 0.25) is 0 Å². The van der Waals surface area contributed by atoms with Gasteiger partial charge in [-0.05, 0) is 17.9 Å². The smallest absolute Gasteiger partial charge is 0.480 e. The molecule has 21 heavy (non-hydrogen) atoms. The number of rotatable bonds is 2. The van der Waals surface area contributed by atoms with Gasteiger partial charge in [-0.25, -0.2) is 4.79 Å². The Morgan fingerprint density at radius 2 is 1.67 bits per heavy atom. The van der Waals surface area contributed by atoms with E-state index in [2.05, 4.69) is 17.4 Å². The largest absolute Gasteiger partial charge is 0.490 e. The molecule has 2 atom stereocenters. The fraction of sp³-hybridized carbons (Fsp3) is 0.385. The predicted molar refractivity (Wildman–Crippen MR) is 66.9 cm³/mol. The van der Waals surface area contributed by atoms with Crippen molar-refractivity contribution in [2.75, 3.05) is 6.54 Å². The Hall–Kier alpha value is -2.09. The average molecular weight is 305 g/mol. The first kappa shape index (κ1) is 17.0. The normalized spacial score (nSPS) is 21.3. The first-order valence-corrected chi connectivity index (χ1v) is 6.03. The Balaban J connectivity index is 0.000000270. The number of carboxylic acids is 2. The van der Waals surface area contributed by atoms with Crippen molar-refractivity contribution in [3.63, 3.8) is 0 Å². The molecule has 0 amide bonds. The van der Waals surface area contributed by atoms with Crippen LogP contribution in [-0.4, -0.2) is 40.9 Å². The molecule has 2 rings (SSSR count). The third kappa shape index (κ3) is 5.42. The number of hydrogen-bond acceptors (Lipinski definition) is 3. The van der Waals surface area contributed by atoms with Gasteiger partial charge in [0.05, 0.1) is 0 Å². The summed E-state index contributed by atoms with van der Waals surface area (Å²) in [5.41, 5.74) is 1.23. The molecular weight excluding hydrogens is 291 g/mol. The van der Waals surface area contributed by atoms with E-state index in [-0.39, 0.29) is 6.04 Å². The minimum atomic E-state index is -5.08. The van der Waals surface area contributed by atoms with Gasteiger partial charge in [-0.2, -0.15) is 13.2 Å². The van der Waals surface area contributed by atoms with Crippen molar-refractivity contribution in [3.8, 4) is 0 Å². The maximum atomic E-state index is 10.7. The van der Waals surface area contributed by atoms with E-state index >= 15 is 0 Å². The van der Waals surface area contributed by atoms with Crippen molar-refractivity contribution < 1.29 is 33.0 Å². The van der Waals surface area contributed by atoms with Crippen LogP contribution >= 0.6 is 0 Å². The lowest BCUT2D eigenvalue weighted by Crippen LogP contribution is -2.29. The van der Waals surface area contributed by atoms with Gasteiger partial charge in [-0.1, -0.05) is 30.3 Å². The van der Waals surface area contributed by atoms with Gasteiger partial charge in [0.2, 0.25) is 0 Å². The quantitative estimate of drug-likeness (QED) is 0.776. The van der Waals surface area contributed by atoms with E-state index in [1.807, 2.05) is 18.2 Å². The van der Waals surface area contributed by atoms with Gasteiger partial charge in [0, 0.05) is 6.54 Å². The van der Waals surface area contributed by atoms with E-state index in [1.54, 1.807) is 0 Å². The molecule has 8 heteroatoms. The van der Waals surface area contributed by atoms with Gasteiger partial charge in [0.1, 0.15) is 6.04 Å². The number of alkyl halides is 3. The lowest BCUT2D eigenvalue weighted by molar-refractivity contribution is -0.192. The molecule has 0 saturated carbocycles. The molecule has 5 nitrogen and oxygen atoms in total. The van der Waals surface area contributed by atoms with Crippen LogP contribution in [0.5, 0.6) is 0 Å². The monoisotopic (exact) mass is 305 g/mol. The summed E-state index contributed by atoms with van der Waals surface area (Å²) in [6, 6.07) is 9.68. The summed E-state index contributed by atoms with van der Waals surface area (Å²) in [7, 11) is 0. The summed E-state index contributed by atoms with van der Waals surface area (Å²) in [5, 5.41) is 18.9. The zero-order chi connectivity index (χ0) is 16.0. The molecule has 1 aromatic carbocycles. The highest BCUT2D eigenvalue weighted by Gasteiger charge is 2.38. The number of carboxylic acid groups (broad SMARTS) is 2. The minimum absolute atomic E-state index is 0.345. The van der Waals surface area contributed by atoms with Crippen LogP contribution in [-0.2, 0) is 9.59 Å². The molecule has 1 aromatic rings. The maximum Gasteiger partial charge on any atom is 0.490 e. The molecular formula is C13H14F3NO4. The van der Waals surface area contributed by atoms with Gasteiger partial charge in [-0.15, -0.1) is 0 Å². The number of benzene rings is 1. The number of halogens is 3. The zero-order valence-corrected chi connectivity index (χ0v) is 10.8. The van der Waals surface area contributed by atoms with Crippen molar-refractivity contribution in [1.29, 1.82) is 0 Å². The summed E-state index contributed by atoms with van der Waals surface area (Å²) >= 11 is 0. The zero-order valence-electron chi connectivity index (χ0n) is 10.8. The topological polar surface area (TPSA) is 86.6 Å². The molecule has 0 spiro atoms. The average Bonchev–Trinajstić information content (AvgIpc) is 2.89. The van der Waals surface area contributed by atoms with E-state index in [0.29, 0.717) is 12.3 Å². The molecule has 0 aromatic heterocycles. The van der Waals surface area contributed by atoms with Gasteiger partial charge < -0.3 is 15.5 Å². The third-order valence-electron chi connectivity index (χ3n) is 2.94. The number of nitrogens with one attached hydrogen (secondary N) is 1. The second-order valence-electron chi connectivity index (χ2n) is 4.45. The SMILES string of the molecule is O=C(O)C(F)(F)F.O=C(O)C1CC(c2ccccc2)CN1. The predicted octanol–water partition coefficient (Wildman–Crippen LogP) is 1.85. The van der Waals surface area contributed by atoms with Gasteiger partial charge in [-0.3, -0.25) is 4.79 Å². The lowest BCUT2D eigenvalue weighted by Gasteiger charge is -2.07. The van der Waals surface area contributed by atoms with Gasteiger partial charge in [0.25, 0.3) is 0 Å². The van der Waals surface area contributed by atoms with Crippen molar-refractivity contribution in [2.45, 2.75) is 24.6 Å². The molecule has 3 N–H and O–H groups in total. The van der Waals surface area contributed by atoms with Gasteiger partial charge in [0.15, 0.2) is 0 Å². The van der Waals surface area contributed by atoms with E-state index in [4.69, 9.17) is 15.0 Å². The van der Waals surface area contributed by atoms with E-state index in [9.17, 15) is 18.0 Å². The Morgan fingerprint density at radius 1 is 1.14 bits per heavy atom. The molecule has 116 valence electrons. The highest BCUT2D eigenvalue weighted by atomic mass is 19.4. The van der Waals surface area contributed by atoms with Crippen LogP contribution in [0, 0.1) is 0 Å². The van der Waals surface area contributed by atoms with Crippen LogP contribution in [0.1, 0.15) is 17.9 Å². The van der Waals surface area contributed by atoms with Crippen molar-refractivity contribution in [2.24, 2.45) is 0 Å². The molecule has 0 bridgehead atoms. The van der Waals surface area contributed by atoms with E-state index in [1.165, 1.54) is 5.56 Å². The molecule has 0 aliphatic carbocycles. The number of aliphatic carboxylic acids is 2. The Labute approximate surface area is 118 Å². The van der Waals surface area contributed by atoms with Crippen LogP contribution in [0.3, 0.4) is 0 Å². The second-order valence-corrected chi connectivity index (χ2v) is 4.45. The number of carbonyl (C=O) groups is 2. The highest BCUT2D eigenvalue weighted by Crippen LogP contribution is 2.25. The standard InChI is InChI=1S/C11H13NO2.C2HF3O2/c13-11(14)10-6-9(7-12-10)8-4-2-1-3-5-8;3-2(4,5)1(6)7/h1-5,9-10,12H,6-7H2,(H,13,14);(H,6,7). The fourth-order valence-electron chi connectivity index (χ4n) is 1.90. The Bertz CT molecular complexity index is 490. The number of hydrogen-bond donors (Lipinski definition) is 3. The van der Waals surface area contributed by atoms with Gasteiger partial charge >= 0.3 is 18.1 Å². The molecule has 2 unspecified atom stereocenters. The van der Waals surface area contributed by atoms with Crippen LogP contribution in [0.4, 0.5) is 13.2 Å². The summed E-state index contributed by atoms with van der Waals surface area (Å²) in [4.78, 5) is 19.6. The fourth-order valence-corrected chi connectivity index (χ4v) is 1.90. The molecule has 0 radical (unpaired) electrons. The molecule has 1 aliphatic heterocycles. The molecule has 1 fully saturated rings. The van der Waals surface area contributed by atoms with Crippen LogP contribution in [0.25, 0.3) is 0 Å². The first-order chi connectivity index (χ1) is 9.71. The van der Waals surface area contributed by atoms with Crippen LogP contribution < -0.4 is 5.32 Å². The second kappa shape index (κ2) is 7.07. The third-order valence-corrected chi connectivity index (χ3v) is 2.94. The molecule has 1 heterocycles. The molecule has 1 aliphatic rings. The molecule has 1 saturated heterocycles. The first-order valence-electron chi connectivity index (χ1n) is 6.03. The van der Waals surface area contributed by atoms with Crippen LogP contribution in [0.15, 0.2) is 30.3 Å². The van der Waals surface area contributed by atoms with Crippen molar-refractivity contribution in [3.05, 3.63) is 35.9 Å². The van der Waals surface area contributed by atoms with E-state index < -0.39 is 18.1 Å². The van der Waals surface area contributed by atoms with E-state index in [0.717, 1.165) is 6.54 Å². The summed E-state index contributed by atoms with van der Waals surface area (Å²) in [5.74, 6) is -3.16. The Morgan fingerprint density at radius 3 is 2.05 bits per heavy atom. The summed E-state index contributed by atoms with van der Waals surface area (Å²) in [6.07, 6.45) is -4.39. The highest BCUT2D eigenvalue weighted by molar-refractivity contribution is 5.74. The van der Waals surface area contributed by atoms with Crippen molar-refractivity contribution >= 4 is 11.9 Å². The minimum Gasteiger partial charge on any atom is -0.480 e. The summed E-state index contributed by atoms with van der Waals surface area (Å²) < 4.78 is 31.7. The summed E-state index contributed by atoms with van der Waals surface area (Å²) in [6.45, 7) is 0.765. The lowest BCUT2D eigenvalue weighted by atomic mass is 9.96. The maximum absolute atomic E-state index is 10.7. The Kier molecular flexibility index (Phi) is 5.71.